The third-order valence-corrected chi connectivity index (χ3v) is 5.76. The lowest BCUT2D eigenvalue weighted by Gasteiger charge is -2.37. The van der Waals surface area contributed by atoms with Gasteiger partial charge >= 0.3 is 0 Å². The van der Waals surface area contributed by atoms with E-state index in [4.69, 9.17) is 9.47 Å². The average Bonchev–Trinajstić information content (AvgIpc) is 2.51. The van der Waals surface area contributed by atoms with Gasteiger partial charge in [0.2, 0.25) is 0 Å². The minimum absolute atomic E-state index is 0.0287. The minimum Gasteiger partial charge on any atom is -0.380 e. The van der Waals surface area contributed by atoms with Gasteiger partial charge < -0.3 is 19.1 Å². The van der Waals surface area contributed by atoms with E-state index in [0.717, 1.165) is 31.8 Å². The van der Waals surface area contributed by atoms with Gasteiger partial charge in [-0.2, -0.15) is 0 Å². The largest absolute Gasteiger partial charge is 0.380 e. The second-order valence-electron chi connectivity index (χ2n) is 13.0. The molecule has 0 N–H and O–H groups in total. The fourth-order valence-corrected chi connectivity index (χ4v) is 4.76. The number of carbonyl (C=O) groups is 2. The van der Waals surface area contributed by atoms with Crippen molar-refractivity contribution in [2.24, 2.45) is 27.1 Å². The van der Waals surface area contributed by atoms with Gasteiger partial charge in [-0.05, 0) is 34.5 Å². The topological polar surface area (TPSA) is 52.6 Å². The highest BCUT2D eigenvalue weighted by Gasteiger charge is 2.34. The van der Waals surface area contributed by atoms with E-state index in [1.165, 1.54) is 0 Å². The third kappa shape index (κ3) is 12.8. The van der Waals surface area contributed by atoms with Gasteiger partial charge in [0.1, 0.15) is 12.6 Å². The summed E-state index contributed by atoms with van der Waals surface area (Å²) in [5, 5.41) is 0. The first-order valence-corrected chi connectivity index (χ1v) is 11.5. The van der Waals surface area contributed by atoms with Crippen molar-refractivity contribution in [3.05, 3.63) is 0 Å². The Morgan fingerprint density at radius 3 is 1.33 bits per heavy atom. The minimum atomic E-state index is -0.586. The van der Waals surface area contributed by atoms with Crippen molar-refractivity contribution in [1.82, 2.24) is 0 Å². The molecular weight excluding hydrogens is 376 g/mol. The SMILES string of the molecule is CCC(C)(C)CC(C)(C)COCC(CC=O)(CC=O)COCC(C)(C)CC(C)(C)C. The van der Waals surface area contributed by atoms with Crippen LogP contribution in [-0.4, -0.2) is 39.0 Å². The Morgan fingerprint density at radius 1 is 0.600 bits per heavy atom. The molecule has 0 aliphatic heterocycles. The number of carbonyl (C=O) groups excluding carboxylic acids is 2. The van der Waals surface area contributed by atoms with Crippen LogP contribution < -0.4 is 0 Å². The molecule has 0 amide bonds. The Balaban J connectivity index is 5.00. The normalized spacial score (nSPS) is 14.1. The van der Waals surface area contributed by atoms with E-state index < -0.39 is 5.41 Å². The fraction of sp³-hybridized carbons (Fsp3) is 0.923. The highest BCUT2D eigenvalue weighted by atomic mass is 16.5. The van der Waals surface area contributed by atoms with Crippen LogP contribution in [0.4, 0.5) is 0 Å². The summed E-state index contributed by atoms with van der Waals surface area (Å²) < 4.78 is 12.2. The highest BCUT2D eigenvalue weighted by molar-refractivity contribution is 5.56. The molecule has 0 aliphatic carbocycles. The molecule has 0 atom stereocenters. The molecule has 0 bridgehead atoms. The van der Waals surface area contributed by atoms with E-state index in [9.17, 15) is 9.59 Å². The molecule has 0 unspecified atom stereocenters. The lowest BCUT2D eigenvalue weighted by Crippen LogP contribution is -2.37. The lowest BCUT2D eigenvalue weighted by atomic mass is 9.74. The Morgan fingerprint density at radius 2 is 1.00 bits per heavy atom. The number of aldehydes is 2. The van der Waals surface area contributed by atoms with E-state index in [0.29, 0.717) is 26.4 Å². The zero-order valence-electron chi connectivity index (χ0n) is 21.7. The summed E-state index contributed by atoms with van der Waals surface area (Å²) in [6.07, 6.45) is 5.53. The number of hydrogen-bond acceptors (Lipinski definition) is 4. The fourth-order valence-electron chi connectivity index (χ4n) is 4.76. The smallest absolute Gasteiger partial charge is 0.120 e. The van der Waals surface area contributed by atoms with E-state index in [-0.39, 0.29) is 34.5 Å². The molecule has 30 heavy (non-hydrogen) atoms. The second kappa shape index (κ2) is 11.8. The Bertz CT molecular complexity index is 502. The van der Waals surface area contributed by atoms with Gasteiger partial charge in [0.15, 0.2) is 0 Å². The van der Waals surface area contributed by atoms with Crippen molar-refractivity contribution in [1.29, 1.82) is 0 Å². The summed E-state index contributed by atoms with van der Waals surface area (Å²) >= 11 is 0. The van der Waals surface area contributed by atoms with Crippen LogP contribution in [0.15, 0.2) is 0 Å². The quantitative estimate of drug-likeness (QED) is 0.264. The van der Waals surface area contributed by atoms with Crippen molar-refractivity contribution in [2.45, 2.75) is 101 Å². The van der Waals surface area contributed by atoms with Gasteiger partial charge in [-0.25, -0.2) is 0 Å². The molecule has 0 heterocycles. The summed E-state index contributed by atoms with van der Waals surface area (Å²) in [5.41, 5.74) is -0.0461. The van der Waals surface area contributed by atoms with Gasteiger partial charge in [-0.15, -0.1) is 0 Å². The van der Waals surface area contributed by atoms with Gasteiger partial charge in [0.05, 0.1) is 26.4 Å². The summed E-state index contributed by atoms with van der Waals surface area (Å²) in [6, 6.07) is 0. The van der Waals surface area contributed by atoms with Crippen molar-refractivity contribution in [2.75, 3.05) is 26.4 Å². The van der Waals surface area contributed by atoms with Crippen LogP contribution in [0.2, 0.25) is 0 Å². The molecule has 0 aromatic carbocycles. The van der Waals surface area contributed by atoms with E-state index >= 15 is 0 Å². The van der Waals surface area contributed by atoms with Crippen LogP contribution >= 0.6 is 0 Å². The maximum absolute atomic E-state index is 11.4. The monoisotopic (exact) mass is 426 g/mol. The Kier molecular flexibility index (Phi) is 11.5. The van der Waals surface area contributed by atoms with E-state index in [2.05, 4.69) is 69.2 Å². The molecule has 0 aromatic rings. The maximum Gasteiger partial charge on any atom is 0.120 e. The zero-order chi connectivity index (χ0) is 23.7. The van der Waals surface area contributed by atoms with Gasteiger partial charge in [0, 0.05) is 18.3 Å². The first-order chi connectivity index (χ1) is 13.5. The van der Waals surface area contributed by atoms with Gasteiger partial charge in [-0.1, -0.05) is 75.7 Å². The molecule has 0 spiro atoms. The first-order valence-electron chi connectivity index (χ1n) is 11.5. The van der Waals surface area contributed by atoms with Crippen molar-refractivity contribution >= 4 is 12.6 Å². The summed E-state index contributed by atoms with van der Waals surface area (Å²) in [5.74, 6) is 0. The van der Waals surface area contributed by atoms with Crippen LogP contribution in [0.25, 0.3) is 0 Å². The molecule has 4 heteroatoms. The summed E-state index contributed by atoms with van der Waals surface area (Å²) in [4.78, 5) is 22.8. The predicted molar refractivity (Wildman–Crippen MR) is 126 cm³/mol. The molecule has 0 aliphatic rings. The summed E-state index contributed by atoms with van der Waals surface area (Å²) in [7, 11) is 0. The van der Waals surface area contributed by atoms with Crippen LogP contribution in [0.3, 0.4) is 0 Å². The third-order valence-electron chi connectivity index (χ3n) is 5.76. The molecule has 0 fully saturated rings. The summed E-state index contributed by atoms with van der Waals surface area (Å²) in [6.45, 7) is 24.2. The number of rotatable bonds is 16. The van der Waals surface area contributed by atoms with Crippen molar-refractivity contribution in [3.63, 3.8) is 0 Å². The van der Waals surface area contributed by atoms with Gasteiger partial charge in [-0.3, -0.25) is 0 Å². The number of ether oxygens (including phenoxy) is 2. The molecule has 178 valence electrons. The van der Waals surface area contributed by atoms with Crippen molar-refractivity contribution in [3.8, 4) is 0 Å². The van der Waals surface area contributed by atoms with Crippen LogP contribution in [0.1, 0.15) is 101 Å². The van der Waals surface area contributed by atoms with Crippen LogP contribution in [0.5, 0.6) is 0 Å². The second-order valence-corrected chi connectivity index (χ2v) is 13.0. The zero-order valence-corrected chi connectivity index (χ0v) is 21.7. The maximum atomic E-state index is 11.4. The predicted octanol–water partition coefficient (Wildman–Crippen LogP) is 6.50. The molecule has 0 radical (unpaired) electrons. The van der Waals surface area contributed by atoms with Gasteiger partial charge in [0.25, 0.3) is 0 Å². The molecule has 4 nitrogen and oxygen atoms in total. The van der Waals surface area contributed by atoms with Crippen LogP contribution in [-0.2, 0) is 19.1 Å². The average molecular weight is 427 g/mol. The standard InChI is InChI=1S/C26H50O4/c1-11-23(5,6)17-25(9,10)19-30-21-26(12-14-27,13-15-28)20-29-18-24(7,8)16-22(2,3)4/h14-15H,11-13,16-21H2,1-10H3. The Hall–Kier alpha value is -0.740. The molecule has 0 rings (SSSR count). The van der Waals surface area contributed by atoms with E-state index in [1.54, 1.807) is 0 Å². The molecule has 0 aromatic heterocycles. The lowest BCUT2D eigenvalue weighted by molar-refractivity contribution is -0.120. The molecule has 0 saturated heterocycles. The Labute approximate surface area is 186 Å². The molecule has 0 saturated carbocycles. The molecular formula is C26H50O4. The first kappa shape index (κ1) is 29.3. The van der Waals surface area contributed by atoms with Crippen LogP contribution in [0, 0.1) is 27.1 Å². The van der Waals surface area contributed by atoms with E-state index in [1.807, 2.05) is 0 Å². The number of hydrogen-bond donors (Lipinski definition) is 0. The van der Waals surface area contributed by atoms with Crippen molar-refractivity contribution < 1.29 is 19.1 Å². The highest BCUT2D eigenvalue weighted by Crippen LogP contribution is 2.37.